The number of rotatable bonds is 6. The molecule has 0 N–H and O–H groups in total. The van der Waals surface area contributed by atoms with E-state index in [1.54, 1.807) is 0 Å². The summed E-state index contributed by atoms with van der Waals surface area (Å²) in [5.41, 5.74) is 0. The van der Waals surface area contributed by atoms with Gasteiger partial charge in [0.15, 0.2) is 0 Å². The van der Waals surface area contributed by atoms with E-state index in [0.717, 1.165) is 11.3 Å². The van der Waals surface area contributed by atoms with Gasteiger partial charge in [0.25, 0.3) is 0 Å². The highest BCUT2D eigenvalue weighted by molar-refractivity contribution is 8.00. The molecule has 2 atom stereocenters. The van der Waals surface area contributed by atoms with Crippen molar-refractivity contribution in [1.29, 1.82) is 0 Å². The van der Waals surface area contributed by atoms with Gasteiger partial charge >= 0.3 is 0 Å². The lowest BCUT2D eigenvalue weighted by atomic mass is 10.1. The lowest BCUT2D eigenvalue weighted by molar-refractivity contribution is 0.190. The Bertz CT molecular complexity index is 161. The molecule has 90 valence electrons. The van der Waals surface area contributed by atoms with Crippen LogP contribution >= 0.6 is 11.8 Å². The Morgan fingerprint density at radius 1 is 1.20 bits per heavy atom. The van der Waals surface area contributed by atoms with E-state index in [1.165, 1.54) is 50.9 Å². The predicted octanol–water partition coefficient (Wildman–Crippen LogP) is 3.78. The Kier molecular flexibility index (Phi) is 6.74. The molecule has 2 heteroatoms. The van der Waals surface area contributed by atoms with E-state index < -0.39 is 0 Å². The highest BCUT2D eigenvalue weighted by Crippen LogP contribution is 2.26. The SMILES string of the molecule is CCCCCCN1CCSC(C)C1CC. The van der Waals surface area contributed by atoms with Crippen molar-refractivity contribution in [2.75, 3.05) is 18.8 Å². The van der Waals surface area contributed by atoms with E-state index in [9.17, 15) is 0 Å². The summed E-state index contributed by atoms with van der Waals surface area (Å²) in [6.07, 6.45) is 6.91. The van der Waals surface area contributed by atoms with Crippen LogP contribution in [0, 0.1) is 0 Å². The fraction of sp³-hybridized carbons (Fsp3) is 1.00. The molecule has 0 aliphatic carbocycles. The Hall–Kier alpha value is 0.310. The fourth-order valence-corrected chi connectivity index (χ4v) is 3.84. The van der Waals surface area contributed by atoms with E-state index in [1.807, 2.05) is 0 Å². The normalized spacial score (nSPS) is 28.2. The summed E-state index contributed by atoms with van der Waals surface area (Å²) in [4.78, 5) is 2.73. The van der Waals surface area contributed by atoms with E-state index >= 15 is 0 Å². The van der Waals surface area contributed by atoms with Gasteiger partial charge < -0.3 is 0 Å². The van der Waals surface area contributed by atoms with Crippen molar-refractivity contribution in [2.24, 2.45) is 0 Å². The van der Waals surface area contributed by atoms with Gasteiger partial charge in [0, 0.05) is 23.6 Å². The molecule has 0 aromatic rings. The van der Waals surface area contributed by atoms with Gasteiger partial charge in [-0.1, -0.05) is 40.0 Å². The van der Waals surface area contributed by atoms with E-state index in [4.69, 9.17) is 0 Å². The van der Waals surface area contributed by atoms with Crippen molar-refractivity contribution in [2.45, 2.75) is 64.2 Å². The molecule has 0 spiro atoms. The van der Waals surface area contributed by atoms with Gasteiger partial charge in [-0.2, -0.15) is 11.8 Å². The molecule has 1 heterocycles. The van der Waals surface area contributed by atoms with Crippen LogP contribution in [-0.2, 0) is 0 Å². The lowest BCUT2D eigenvalue weighted by Crippen LogP contribution is -2.46. The minimum atomic E-state index is 0.838. The van der Waals surface area contributed by atoms with E-state index in [2.05, 4.69) is 37.4 Å². The van der Waals surface area contributed by atoms with E-state index in [0.29, 0.717) is 0 Å². The largest absolute Gasteiger partial charge is 0.298 e. The van der Waals surface area contributed by atoms with Gasteiger partial charge in [-0.15, -0.1) is 0 Å². The van der Waals surface area contributed by atoms with Crippen LogP contribution in [0.25, 0.3) is 0 Å². The fourth-order valence-electron chi connectivity index (χ4n) is 2.54. The number of nitrogens with zero attached hydrogens (tertiary/aromatic N) is 1. The maximum absolute atomic E-state index is 2.73. The molecule has 1 rings (SSSR count). The highest BCUT2D eigenvalue weighted by atomic mass is 32.2. The van der Waals surface area contributed by atoms with Gasteiger partial charge in [0.05, 0.1) is 0 Å². The molecule has 1 saturated heterocycles. The first-order valence-corrected chi connectivity index (χ1v) is 7.70. The topological polar surface area (TPSA) is 3.24 Å². The maximum Gasteiger partial charge on any atom is 0.0209 e. The van der Waals surface area contributed by atoms with Gasteiger partial charge in [0.2, 0.25) is 0 Å². The molecule has 15 heavy (non-hydrogen) atoms. The average molecular weight is 229 g/mol. The number of thioether (sulfide) groups is 1. The third-order valence-corrected chi connectivity index (χ3v) is 4.75. The second-order valence-electron chi connectivity index (χ2n) is 4.65. The molecule has 0 aromatic carbocycles. The minimum Gasteiger partial charge on any atom is -0.298 e. The van der Waals surface area contributed by atoms with E-state index in [-0.39, 0.29) is 0 Å². The monoisotopic (exact) mass is 229 g/mol. The third kappa shape index (κ3) is 4.36. The quantitative estimate of drug-likeness (QED) is 0.638. The van der Waals surface area contributed by atoms with Gasteiger partial charge in [-0.3, -0.25) is 4.90 Å². The van der Waals surface area contributed by atoms with Gasteiger partial charge in [0.1, 0.15) is 0 Å². The smallest absolute Gasteiger partial charge is 0.0209 e. The maximum atomic E-state index is 2.73. The zero-order chi connectivity index (χ0) is 11.1. The second-order valence-corrected chi connectivity index (χ2v) is 6.13. The van der Waals surface area contributed by atoms with Crippen LogP contribution in [0.15, 0.2) is 0 Å². The first-order valence-electron chi connectivity index (χ1n) is 6.65. The van der Waals surface area contributed by atoms with Crippen molar-refractivity contribution >= 4 is 11.8 Å². The Morgan fingerprint density at radius 2 is 2.00 bits per heavy atom. The number of hydrogen-bond donors (Lipinski definition) is 0. The zero-order valence-electron chi connectivity index (χ0n) is 10.7. The zero-order valence-corrected chi connectivity index (χ0v) is 11.5. The van der Waals surface area contributed by atoms with Crippen molar-refractivity contribution in [3.63, 3.8) is 0 Å². The predicted molar refractivity (Wildman–Crippen MR) is 71.7 cm³/mol. The number of hydrogen-bond acceptors (Lipinski definition) is 2. The molecule has 0 amide bonds. The summed E-state index contributed by atoms with van der Waals surface area (Å²) in [7, 11) is 0. The molecule has 1 nitrogen and oxygen atoms in total. The van der Waals surface area contributed by atoms with Crippen LogP contribution < -0.4 is 0 Å². The molecule has 1 aliphatic heterocycles. The van der Waals surface area contributed by atoms with Gasteiger partial charge in [-0.25, -0.2) is 0 Å². The molecule has 0 bridgehead atoms. The number of unbranched alkanes of at least 4 members (excludes halogenated alkanes) is 3. The lowest BCUT2D eigenvalue weighted by Gasteiger charge is -2.39. The molecule has 0 saturated carbocycles. The second kappa shape index (κ2) is 7.56. The molecule has 1 fully saturated rings. The summed E-state index contributed by atoms with van der Waals surface area (Å²) in [5, 5.41) is 0.843. The Balaban J connectivity index is 2.25. The minimum absolute atomic E-state index is 0.838. The molecule has 0 radical (unpaired) electrons. The van der Waals surface area contributed by atoms with Crippen LogP contribution in [-0.4, -0.2) is 35.0 Å². The van der Waals surface area contributed by atoms with Gasteiger partial charge in [-0.05, 0) is 19.4 Å². The summed E-state index contributed by atoms with van der Waals surface area (Å²) in [5.74, 6) is 1.34. The van der Waals surface area contributed by atoms with Crippen molar-refractivity contribution in [3.8, 4) is 0 Å². The first-order chi connectivity index (χ1) is 7.29. The molecular formula is C13H27NS. The van der Waals surface area contributed by atoms with Crippen LogP contribution in [0.1, 0.15) is 52.9 Å². The molecule has 2 unspecified atom stereocenters. The summed E-state index contributed by atoms with van der Waals surface area (Å²) in [6.45, 7) is 9.68. The molecular weight excluding hydrogens is 202 g/mol. The summed E-state index contributed by atoms with van der Waals surface area (Å²) in [6, 6.07) is 0.838. The van der Waals surface area contributed by atoms with Crippen molar-refractivity contribution in [3.05, 3.63) is 0 Å². The van der Waals surface area contributed by atoms with Crippen LogP contribution in [0.5, 0.6) is 0 Å². The summed E-state index contributed by atoms with van der Waals surface area (Å²) >= 11 is 2.16. The Labute approximate surface area is 100.0 Å². The first kappa shape index (κ1) is 13.4. The van der Waals surface area contributed by atoms with Crippen molar-refractivity contribution in [1.82, 2.24) is 4.90 Å². The Morgan fingerprint density at radius 3 is 2.67 bits per heavy atom. The standard InChI is InChI=1S/C13H27NS/c1-4-6-7-8-9-14-10-11-15-12(3)13(14)5-2/h12-13H,4-11H2,1-3H3. The highest BCUT2D eigenvalue weighted by Gasteiger charge is 2.26. The van der Waals surface area contributed by atoms with Crippen LogP contribution in [0.2, 0.25) is 0 Å². The molecule has 0 aromatic heterocycles. The third-order valence-electron chi connectivity index (χ3n) is 3.49. The van der Waals surface area contributed by atoms with Crippen molar-refractivity contribution < 1.29 is 0 Å². The summed E-state index contributed by atoms with van der Waals surface area (Å²) < 4.78 is 0. The van der Waals surface area contributed by atoms with Crippen LogP contribution in [0.3, 0.4) is 0 Å². The average Bonchev–Trinajstić information content (AvgIpc) is 2.24. The van der Waals surface area contributed by atoms with Crippen LogP contribution in [0.4, 0.5) is 0 Å². The molecule has 1 aliphatic rings.